The van der Waals surface area contributed by atoms with Crippen molar-refractivity contribution in [3.05, 3.63) is 44.9 Å². The number of rotatable bonds is 7. The molecule has 0 amide bonds. The van der Waals surface area contributed by atoms with Crippen LogP contribution in [0, 0.1) is 0 Å². The number of hydrogen-bond acceptors (Lipinski definition) is 4. The van der Waals surface area contributed by atoms with E-state index < -0.39 is 0 Å². The van der Waals surface area contributed by atoms with Crippen molar-refractivity contribution in [3.8, 4) is 5.75 Å². The summed E-state index contributed by atoms with van der Waals surface area (Å²) in [5.41, 5.74) is 2.12. The monoisotopic (exact) mass is 494 g/mol. The number of benzene rings is 1. The first-order chi connectivity index (χ1) is 11.7. The summed E-state index contributed by atoms with van der Waals surface area (Å²) in [5.74, 6) is 1.52. The molecule has 1 aromatic carbocycles. The number of aromatic nitrogens is 1. The van der Waals surface area contributed by atoms with E-state index in [0.29, 0.717) is 11.6 Å². The summed E-state index contributed by atoms with van der Waals surface area (Å²) in [6, 6.07) is 5.74. The molecule has 2 aromatic rings. The number of thiazole rings is 1. The Balaban J connectivity index is 0.00000312. The van der Waals surface area contributed by atoms with Crippen LogP contribution >= 0.6 is 46.9 Å². The Morgan fingerprint density at radius 1 is 1.36 bits per heavy atom. The lowest BCUT2D eigenvalue weighted by Gasteiger charge is -2.12. The zero-order valence-electron chi connectivity index (χ0n) is 14.6. The zero-order valence-corrected chi connectivity index (χ0v) is 18.5. The molecule has 1 heterocycles. The number of nitrogens with zero attached hydrogens (tertiary/aromatic N) is 2. The van der Waals surface area contributed by atoms with Crippen LogP contribution in [0.1, 0.15) is 23.2 Å². The van der Waals surface area contributed by atoms with Gasteiger partial charge in [-0.25, -0.2) is 4.98 Å². The third-order valence-corrected chi connectivity index (χ3v) is 4.90. The minimum Gasteiger partial charge on any atom is -0.497 e. The predicted molar refractivity (Wildman–Crippen MR) is 117 cm³/mol. The highest BCUT2D eigenvalue weighted by molar-refractivity contribution is 14.0. The summed E-state index contributed by atoms with van der Waals surface area (Å²) >= 11 is 7.95. The molecule has 0 aliphatic carbocycles. The molecular weight excluding hydrogens is 471 g/mol. The van der Waals surface area contributed by atoms with Crippen LogP contribution in [0.25, 0.3) is 0 Å². The van der Waals surface area contributed by atoms with Crippen LogP contribution in [-0.2, 0) is 19.4 Å². The Kier molecular flexibility index (Phi) is 10.1. The summed E-state index contributed by atoms with van der Waals surface area (Å²) in [6.07, 6.45) is 1.78. The smallest absolute Gasteiger partial charge is 0.191 e. The molecule has 0 bridgehead atoms. The van der Waals surface area contributed by atoms with E-state index in [4.69, 9.17) is 16.3 Å². The van der Waals surface area contributed by atoms with E-state index in [1.165, 1.54) is 0 Å². The van der Waals surface area contributed by atoms with Gasteiger partial charge in [-0.1, -0.05) is 24.6 Å². The molecule has 0 aliphatic heterocycles. The largest absolute Gasteiger partial charge is 0.497 e. The fraction of sp³-hybridized carbons (Fsp3) is 0.412. The maximum Gasteiger partial charge on any atom is 0.191 e. The molecule has 0 fully saturated rings. The molecule has 138 valence electrons. The van der Waals surface area contributed by atoms with Crippen molar-refractivity contribution in [1.82, 2.24) is 15.6 Å². The lowest BCUT2D eigenvalue weighted by Crippen LogP contribution is -2.37. The van der Waals surface area contributed by atoms with Crippen LogP contribution < -0.4 is 15.4 Å². The Hall–Kier alpha value is -1.06. The van der Waals surface area contributed by atoms with Crippen LogP contribution in [-0.4, -0.2) is 31.6 Å². The van der Waals surface area contributed by atoms with Crippen molar-refractivity contribution in [2.45, 2.75) is 26.3 Å². The maximum atomic E-state index is 6.25. The summed E-state index contributed by atoms with van der Waals surface area (Å²) in [5, 5.41) is 10.5. The van der Waals surface area contributed by atoms with Gasteiger partial charge in [0.25, 0.3) is 0 Å². The Morgan fingerprint density at radius 2 is 2.16 bits per heavy atom. The minimum absolute atomic E-state index is 0. The predicted octanol–water partition coefficient (Wildman–Crippen LogP) is 3.89. The average molecular weight is 495 g/mol. The number of halogens is 2. The van der Waals surface area contributed by atoms with E-state index in [9.17, 15) is 0 Å². The normalized spacial score (nSPS) is 11.0. The molecule has 5 nitrogen and oxygen atoms in total. The number of aliphatic imine (C=N–C) groups is 1. The molecule has 0 radical (unpaired) electrons. The standard InChI is InChI=1S/C17H23ClN4OS.HI/c1-4-16-22-13(11-24-16)10-21-17(19-2)20-8-7-12-5-6-14(23-3)9-15(12)18;/h5-6,9,11H,4,7-8,10H2,1-3H3,(H2,19,20,21);1H. The van der Waals surface area contributed by atoms with Gasteiger partial charge in [-0.3, -0.25) is 4.99 Å². The van der Waals surface area contributed by atoms with Gasteiger partial charge in [0, 0.05) is 24.0 Å². The quantitative estimate of drug-likeness (QED) is 0.348. The van der Waals surface area contributed by atoms with E-state index >= 15 is 0 Å². The molecule has 0 atom stereocenters. The van der Waals surface area contributed by atoms with Crippen LogP contribution in [0.15, 0.2) is 28.6 Å². The van der Waals surface area contributed by atoms with Crippen molar-refractivity contribution in [3.63, 3.8) is 0 Å². The van der Waals surface area contributed by atoms with Gasteiger partial charge in [0.1, 0.15) is 5.75 Å². The summed E-state index contributed by atoms with van der Waals surface area (Å²) in [4.78, 5) is 8.76. The molecule has 2 N–H and O–H groups in total. The molecule has 25 heavy (non-hydrogen) atoms. The number of methoxy groups -OCH3 is 1. The van der Waals surface area contributed by atoms with Crippen molar-refractivity contribution in [2.24, 2.45) is 4.99 Å². The lowest BCUT2D eigenvalue weighted by atomic mass is 10.1. The van der Waals surface area contributed by atoms with E-state index in [0.717, 1.165) is 47.4 Å². The SMILES string of the molecule is CCc1nc(CNC(=NC)NCCc2ccc(OC)cc2Cl)cs1.I. The Labute approximate surface area is 175 Å². The molecule has 0 saturated carbocycles. The van der Waals surface area contributed by atoms with E-state index in [-0.39, 0.29) is 24.0 Å². The highest BCUT2D eigenvalue weighted by atomic mass is 127. The number of nitrogens with one attached hydrogen (secondary N) is 2. The second-order valence-electron chi connectivity index (χ2n) is 5.15. The number of aryl methyl sites for hydroxylation is 1. The Bertz CT molecular complexity index is 693. The fourth-order valence-electron chi connectivity index (χ4n) is 2.16. The lowest BCUT2D eigenvalue weighted by molar-refractivity contribution is 0.414. The topological polar surface area (TPSA) is 58.5 Å². The van der Waals surface area contributed by atoms with Gasteiger partial charge in [0.2, 0.25) is 0 Å². The van der Waals surface area contributed by atoms with Crippen LogP contribution in [0.4, 0.5) is 0 Å². The molecule has 0 aliphatic rings. The van der Waals surface area contributed by atoms with Crippen molar-refractivity contribution >= 4 is 52.9 Å². The maximum absolute atomic E-state index is 6.25. The van der Waals surface area contributed by atoms with Gasteiger partial charge in [0.05, 0.1) is 24.4 Å². The molecular formula is C17H24ClIN4OS. The second-order valence-corrected chi connectivity index (χ2v) is 6.50. The molecule has 0 unspecified atom stereocenters. The number of guanidine groups is 1. The van der Waals surface area contributed by atoms with E-state index in [1.807, 2.05) is 18.2 Å². The van der Waals surface area contributed by atoms with Gasteiger partial charge >= 0.3 is 0 Å². The Morgan fingerprint density at radius 3 is 2.76 bits per heavy atom. The zero-order chi connectivity index (χ0) is 17.4. The van der Waals surface area contributed by atoms with Crippen molar-refractivity contribution in [1.29, 1.82) is 0 Å². The minimum atomic E-state index is 0. The molecule has 0 saturated heterocycles. The van der Waals surface area contributed by atoms with Crippen LogP contribution in [0.2, 0.25) is 5.02 Å². The van der Waals surface area contributed by atoms with Crippen molar-refractivity contribution < 1.29 is 4.74 Å². The second kappa shape index (κ2) is 11.5. The number of hydrogen-bond donors (Lipinski definition) is 2. The van der Waals surface area contributed by atoms with Gasteiger partial charge in [0.15, 0.2) is 5.96 Å². The first-order valence-electron chi connectivity index (χ1n) is 7.86. The summed E-state index contributed by atoms with van der Waals surface area (Å²) in [6.45, 7) is 3.52. The van der Waals surface area contributed by atoms with E-state index in [2.05, 4.69) is 32.9 Å². The van der Waals surface area contributed by atoms with Crippen LogP contribution in [0.3, 0.4) is 0 Å². The first kappa shape index (κ1) is 22.0. The molecule has 2 rings (SSSR count). The molecule has 8 heteroatoms. The van der Waals surface area contributed by atoms with Gasteiger partial charge in [-0.05, 0) is 30.5 Å². The third kappa shape index (κ3) is 6.99. The average Bonchev–Trinajstić information content (AvgIpc) is 3.07. The molecule has 1 aromatic heterocycles. The highest BCUT2D eigenvalue weighted by Gasteiger charge is 2.05. The van der Waals surface area contributed by atoms with Gasteiger partial charge in [-0.15, -0.1) is 35.3 Å². The van der Waals surface area contributed by atoms with Gasteiger partial charge < -0.3 is 15.4 Å². The summed E-state index contributed by atoms with van der Waals surface area (Å²) in [7, 11) is 3.39. The van der Waals surface area contributed by atoms with E-state index in [1.54, 1.807) is 25.5 Å². The molecule has 0 spiro atoms. The number of ether oxygens (including phenoxy) is 1. The highest BCUT2D eigenvalue weighted by Crippen LogP contribution is 2.22. The van der Waals surface area contributed by atoms with Crippen molar-refractivity contribution in [2.75, 3.05) is 20.7 Å². The van der Waals surface area contributed by atoms with Crippen LogP contribution in [0.5, 0.6) is 5.75 Å². The fourth-order valence-corrected chi connectivity index (χ4v) is 3.17. The third-order valence-electron chi connectivity index (χ3n) is 3.51. The first-order valence-corrected chi connectivity index (χ1v) is 9.12. The summed E-state index contributed by atoms with van der Waals surface area (Å²) < 4.78 is 5.16. The van der Waals surface area contributed by atoms with Gasteiger partial charge in [-0.2, -0.15) is 0 Å².